The number of amides is 1. The Labute approximate surface area is 311 Å². The highest BCUT2D eigenvalue weighted by Crippen LogP contribution is 2.51. The zero-order valence-electron chi connectivity index (χ0n) is 30.5. The lowest BCUT2D eigenvalue weighted by molar-refractivity contribution is -0.180. The third-order valence-corrected chi connectivity index (χ3v) is 11.7. The van der Waals surface area contributed by atoms with Gasteiger partial charge in [0.2, 0.25) is 5.78 Å². The van der Waals surface area contributed by atoms with E-state index in [0.29, 0.717) is 22.5 Å². The average Bonchev–Trinajstić information content (AvgIpc) is 3.57. The lowest BCUT2D eigenvalue weighted by Crippen LogP contribution is -2.47. The average molecular weight is 817 g/mol. The SMILES string of the molecule is C/C1=C/C=C/[C@H](C)[C@H](O)[C@@H](C)[C@@H](O)[C@@H](C)C(C)O[C@@]2(C)Oc3c(C)c(O)c4c(O)c(c5c(c4c3C2=O)NC2(CCN(CC(C)I)CC2)N=5)=NC1=O. The highest BCUT2D eigenvalue weighted by molar-refractivity contribution is 14.1. The van der Waals surface area contributed by atoms with Crippen LogP contribution in [-0.2, 0) is 9.53 Å². The van der Waals surface area contributed by atoms with Crippen LogP contribution in [0.1, 0.15) is 77.2 Å². The van der Waals surface area contributed by atoms with Crippen LogP contribution in [0.15, 0.2) is 33.8 Å². The molecule has 276 valence electrons. The molecule has 1 spiro atoms. The number of hydrogen-bond acceptors (Lipinski definition) is 11. The first kappa shape index (κ1) is 37.6. The number of carbonyl (C=O) groups is 2. The molecule has 5 aliphatic rings. The summed E-state index contributed by atoms with van der Waals surface area (Å²) in [6.07, 6.45) is 3.60. The fourth-order valence-electron chi connectivity index (χ4n) is 7.84. The Morgan fingerprint density at radius 3 is 2.33 bits per heavy atom. The van der Waals surface area contributed by atoms with Gasteiger partial charge < -0.3 is 40.1 Å². The number of halogens is 1. The number of nitrogens with one attached hydrogen (secondary N) is 1. The molecule has 1 amide bonds. The maximum atomic E-state index is 14.6. The fraction of sp³-hybridized carbons (Fsp3) is 0.579. The number of anilines is 1. The summed E-state index contributed by atoms with van der Waals surface area (Å²) >= 11 is 2.41. The fourth-order valence-corrected chi connectivity index (χ4v) is 8.39. The van der Waals surface area contributed by atoms with Gasteiger partial charge in [0, 0.05) is 77.6 Å². The van der Waals surface area contributed by atoms with E-state index >= 15 is 0 Å². The molecule has 2 aromatic carbocycles. The van der Waals surface area contributed by atoms with Gasteiger partial charge in [0.1, 0.15) is 27.9 Å². The molecule has 5 heterocycles. The van der Waals surface area contributed by atoms with Crippen molar-refractivity contribution in [3.8, 4) is 17.2 Å². The van der Waals surface area contributed by atoms with Crippen LogP contribution in [0.2, 0.25) is 0 Å². The Balaban J connectivity index is 1.61. The number of ketones is 1. The molecule has 7 rings (SSSR count). The van der Waals surface area contributed by atoms with Crippen molar-refractivity contribution in [2.75, 3.05) is 25.0 Å². The van der Waals surface area contributed by atoms with E-state index in [1.165, 1.54) is 6.92 Å². The van der Waals surface area contributed by atoms with Crippen molar-refractivity contribution in [3.05, 3.63) is 45.6 Å². The number of likely N-dealkylation sites (tertiary alicyclic amines) is 1. The summed E-state index contributed by atoms with van der Waals surface area (Å²) in [6, 6.07) is 0. The third-order valence-electron chi connectivity index (χ3n) is 11.3. The molecule has 12 nitrogen and oxygen atoms in total. The molecule has 5 aliphatic heterocycles. The third kappa shape index (κ3) is 6.47. The van der Waals surface area contributed by atoms with Gasteiger partial charge >= 0.3 is 0 Å². The van der Waals surface area contributed by atoms with Gasteiger partial charge in [-0.3, -0.25) is 14.6 Å². The van der Waals surface area contributed by atoms with Crippen LogP contribution in [0.5, 0.6) is 17.2 Å². The van der Waals surface area contributed by atoms with E-state index < -0.39 is 59.0 Å². The molecule has 0 saturated carbocycles. The summed E-state index contributed by atoms with van der Waals surface area (Å²) in [5.74, 6) is -5.19. The van der Waals surface area contributed by atoms with Gasteiger partial charge in [0.05, 0.1) is 34.9 Å². The maximum Gasteiger partial charge on any atom is 0.273 e. The number of fused-ring (bicyclic) bond motifs is 10. The number of benzene rings is 2. The number of aliphatic hydroxyl groups excluding tert-OH is 2. The Hall–Kier alpha value is -3.11. The molecular weight excluding hydrogens is 767 g/mol. The number of phenolic OH excluding ortho intramolecular Hbond substituents is 2. The Morgan fingerprint density at radius 2 is 1.69 bits per heavy atom. The molecule has 5 bridgehead atoms. The van der Waals surface area contributed by atoms with Crippen LogP contribution in [0, 0.1) is 24.7 Å². The van der Waals surface area contributed by atoms with Crippen LogP contribution in [0.25, 0.3) is 10.8 Å². The predicted octanol–water partition coefficient (Wildman–Crippen LogP) is 4.21. The lowest BCUT2D eigenvalue weighted by Gasteiger charge is -2.38. The molecule has 0 radical (unpaired) electrons. The van der Waals surface area contributed by atoms with E-state index in [9.17, 15) is 30.0 Å². The highest BCUT2D eigenvalue weighted by atomic mass is 127. The molecule has 1 fully saturated rings. The van der Waals surface area contributed by atoms with Gasteiger partial charge in [-0.25, -0.2) is 4.99 Å². The number of allylic oxidation sites excluding steroid dienone is 2. The summed E-state index contributed by atoms with van der Waals surface area (Å²) in [7, 11) is 0. The van der Waals surface area contributed by atoms with Gasteiger partial charge in [-0.05, 0) is 20.8 Å². The zero-order valence-corrected chi connectivity index (χ0v) is 32.6. The first-order valence-corrected chi connectivity index (χ1v) is 19.0. The predicted molar refractivity (Wildman–Crippen MR) is 201 cm³/mol. The van der Waals surface area contributed by atoms with Crippen LogP contribution in [-0.4, -0.2) is 90.3 Å². The van der Waals surface area contributed by atoms with Crippen molar-refractivity contribution in [1.82, 2.24) is 4.90 Å². The molecule has 8 atom stereocenters. The molecule has 1 saturated heterocycles. The molecular formula is C38H49IN4O8. The van der Waals surface area contributed by atoms with E-state index in [2.05, 4.69) is 44.7 Å². The zero-order chi connectivity index (χ0) is 37.3. The number of piperidine rings is 1. The van der Waals surface area contributed by atoms with Crippen molar-refractivity contribution in [1.29, 1.82) is 0 Å². The van der Waals surface area contributed by atoms with Gasteiger partial charge in [-0.1, -0.05) is 68.5 Å². The summed E-state index contributed by atoms with van der Waals surface area (Å²) in [6.45, 7) is 16.4. The maximum absolute atomic E-state index is 14.6. The van der Waals surface area contributed by atoms with Crippen molar-refractivity contribution in [2.45, 2.75) is 102 Å². The topological polar surface area (TPSA) is 174 Å². The number of hydrogen-bond donors (Lipinski definition) is 5. The molecule has 5 N–H and O–H groups in total. The van der Waals surface area contributed by atoms with Crippen molar-refractivity contribution >= 4 is 50.7 Å². The minimum absolute atomic E-state index is 0.0434. The first-order chi connectivity index (χ1) is 23.9. The second-order valence-electron chi connectivity index (χ2n) is 15.1. The summed E-state index contributed by atoms with van der Waals surface area (Å²) in [4.78, 5) is 40.1. The van der Waals surface area contributed by atoms with Crippen LogP contribution in [0.4, 0.5) is 5.69 Å². The van der Waals surface area contributed by atoms with E-state index in [1.54, 1.807) is 52.8 Å². The highest BCUT2D eigenvalue weighted by Gasteiger charge is 2.51. The number of rotatable bonds is 2. The van der Waals surface area contributed by atoms with E-state index in [-0.39, 0.29) is 55.6 Å². The second kappa shape index (κ2) is 13.7. The van der Waals surface area contributed by atoms with E-state index in [1.807, 2.05) is 6.92 Å². The summed E-state index contributed by atoms with van der Waals surface area (Å²) < 4.78 is 13.1. The number of Topliss-reactive ketones (excluding diaryl/α,β-unsaturated/α-hetero) is 1. The Kier molecular flexibility index (Phi) is 10.1. The first-order valence-electron chi connectivity index (χ1n) is 17.7. The standard InChI is InChI=1S/C38H49IN4O8/c1-17-10-9-11-18(2)36(49)40-29-28-27(41-38(42-28)12-14-43(15-13-38)16-19(3)39)24-25(33(29)47)32(46)22(6)34-26(24)35(48)37(8,51-34)50-23(7)20(4)31(45)21(5)30(17)44/h9-11,17,19-21,23,30-31,41,44-47H,12-16H2,1-8H3/b10-9+,18-11-,40-29?/t17-,19?,20-,21+,23?,30-,31-,37-/m0/s1. The normalized spacial score (nSPS) is 33.4. The monoisotopic (exact) mass is 816 g/mol. The number of aliphatic hydroxyl groups is 2. The number of nitrogens with zero attached hydrogens (tertiary/aromatic N) is 3. The number of aromatic hydroxyl groups is 2. The lowest BCUT2D eigenvalue weighted by atomic mass is 9.82. The van der Waals surface area contributed by atoms with Crippen molar-refractivity contribution in [2.24, 2.45) is 27.7 Å². The van der Waals surface area contributed by atoms with E-state index in [4.69, 9.17) is 14.5 Å². The van der Waals surface area contributed by atoms with Gasteiger partial charge in [-0.15, -0.1) is 0 Å². The molecule has 0 aromatic heterocycles. The van der Waals surface area contributed by atoms with Gasteiger partial charge in [0.25, 0.3) is 11.7 Å². The van der Waals surface area contributed by atoms with Gasteiger partial charge in [0.15, 0.2) is 5.75 Å². The number of ether oxygens (including phenoxy) is 2. The number of alkyl halides is 1. The quantitative estimate of drug-likeness (QED) is 0.168. The minimum atomic E-state index is -1.85. The summed E-state index contributed by atoms with van der Waals surface area (Å²) in [5, 5.41) is 50.0. The van der Waals surface area contributed by atoms with Crippen molar-refractivity contribution in [3.63, 3.8) is 0 Å². The molecule has 51 heavy (non-hydrogen) atoms. The second-order valence-corrected chi connectivity index (χ2v) is 17.2. The molecule has 13 heteroatoms. The van der Waals surface area contributed by atoms with Crippen LogP contribution < -0.4 is 20.8 Å². The van der Waals surface area contributed by atoms with Gasteiger partial charge in [-0.2, -0.15) is 0 Å². The van der Waals surface area contributed by atoms with Crippen molar-refractivity contribution < 1.29 is 39.5 Å². The van der Waals surface area contributed by atoms with E-state index in [0.717, 1.165) is 19.6 Å². The number of carbonyl (C=O) groups excluding carboxylic acids is 2. The molecule has 2 unspecified atom stereocenters. The van der Waals surface area contributed by atoms with Crippen LogP contribution in [0.3, 0.4) is 0 Å². The largest absolute Gasteiger partial charge is 0.507 e. The smallest absolute Gasteiger partial charge is 0.273 e. The molecule has 0 aliphatic carbocycles. The number of phenols is 2. The van der Waals surface area contributed by atoms with Crippen LogP contribution >= 0.6 is 22.6 Å². The molecule has 2 aromatic rings. The minimum Gasteiger partial charge on any atom is -0.507 e. The summed E-state index contributed by atoms with van der Waals surface area (Å²) in [5.41, 5.74) is 0.154. The Bertz CT molecular complexity index is 1970. The Morgan fingerprint density at radius 1 is 1.02 bits per heavy atom.